The summed E-state index contributed by atoms with van der Waals surface area (Å²) >= 11 is 0. The molecule has 0 atom stereocenters. The first kappa shape index (κ1) is 20.9. The van der Waals surface area contributed by atoms with Crippen molar-refractivity contribution in [3.8, 4) is 0 Å². The van der Waals surface area contributed by atoms with Gasteiger partial charge in [-0.2, -0.15) is 0 Å². The average Bonchev–Trinajstić information content (AvgIpc) is 2.73. The standard InChI is InChI=1S/C22H24N4O4/c1-15(2)24-19-18(20(27)23-13-16-9-5-3-6-10-16)21(28)26(22(29)25-19)30-14-17-11-7-4-8-12-17/h3-12,15,24H,13-14H2,1-2H3,(H,23,27)(H,25,29). The van der Waals surface area contributed by atoms with Crippen molar-refractivity contribution >= 4 is 11.7 Å². The fourth-order valence-corrected chi connectivity index (χ4v) is 2.83. The molecule has 0 aliphatic rings. The van der Waals surface area contributed by atoms with E-state index >= 15 is 0 Å². The number of anilines is 1. The van der Waals surface area contributed by atoms with Gasteiger partial charge in [-0.3, -0.25) is 14.6 Å². The van der Waals surface area contributed by atoms with Crippen LogP contribution in [0.1, 0.15) is 35.3 Å². The molecular weight excluding hydrogens is 384 g/mol. The Morgan fingerprint density at radius 1 is 1.00 bits per heavy atom. The van der Waals surface area contributed by atoms with E-state index in [2.05, 4.69) is 15.6 Å². The Kier molecular flexibility index (Phi) is 6.69. The number of carbonyl (C=O) groups excluding carboxylic acids is 1. The normalized spacial score (nSPS) is 10.6. The summed E-state index contributed by atoms with van der Waals surface area (Å²) in [6.07, 6.45) is 0. The second-order valence-corrected chi connectivity index (χ2v) is 7.01. The number of hydrogen-bond donors (Lipinski definition) is 3. The maximum atomic E-state index is 13.0. The lowest BCUT2D eigenvalue weighted by atomic mass is 10.2. The maximum Gasteiger partial charge on any atom is 0.363 e. The molecule has 0 aliphatic heterocycles. The molecule has 8 nitrogen and oxygen atoms in total. The van der Waals surface area contributed by atoms with Crippen molar-refractivity contribution in [3.63, 3.8) is 0 Å². The van der Waals surface area contributed by atoms with Crippen molar-refractivity contribution in [3.05, 3.63) is 98.2 Å². The molecule has 0 bridgehead atoms. The summed E-state index contributed by atoms with van der Waals surface area (Å²) in [4.78, 5) is 46.2. The summed E-state index contributed by atoms with van der Waals surface area (Å²) < 4.78 is 0.579. The number of carbonyl (C=O) groups is 1. The van der Waals surface area contributed by atoms with Crippen molar-refractivity contribution in [1.29, 1.82) is 0 Å². The largest absolute Gasteiger partial charge is 0.401 e. The summed E-state index contributed by atoms with van der Waals surface area (Å²) in [7, 11) is 0. The molecule has 1 heterocycles. The van der Waals surface area contributed by atoms with Gasteiger partial charge in [0.25, 0.3) is 5.91 Å². The minimum absolute atomic E-state index is 0.00581. The number of benzene rings is 2. The van der Waals surface area contributed by atoms with Crippen LogP contribution in [0.4, 0.5) is 5.82 Å². The van der Waals surface area contributed by atoms with Crippen LogP contribution >= 0.6 is 0 Å². The highest BCUT2D eigenvalue weighted by molar-refractivity contribution is 5.98. The molecule has 2 aromatic carbocycles. The Labute approximate surface area is 173 Å². The smallest absolute Gasteiger partial charge is 0.363 e. The summed E-state index contributed by atoms with van der Waals surface area (Å²) in [5.41, 5.74) is -0.146. The van der Waals surface area contributed by atoms with Gasteiger partial charge in [-0.1, -0.05) is 65.4 Å². The minimum Gasteiger partial charge on any atom is -0.401 e. The van der Waals surface area contributed by atoms with Crippen molar-refractivity contribution in [2.24, 2.45) is 0 Å². The number of aromatic nitrogens is 2. The fraction of sp³-hybridized carbons (Fsp3) is 0.227. The third-order valence-electron chi connectivity index (χ3n) is 4.22. The molecule has 1 amide bonds. The summed E-state index contributed by atoms with van der Waals surface area (Å²) in [5.74, 6) is -0.551. The van der Waals surface area contributed by atoms with Gasteiger partial charge in [0.15, 0.2) is 0 Å². The van der Waals surface area contributed by atoms with E-state index in [-0.39, 0.29) is 30.6 Å². The zero-order valence-electron chi connectivity index (χ0n) is 16.8. The molecule has 8 heteroatoms. The zero-order chi connectivity index (χ0) is 21.5. The van der Waals surface area contributed by atoms with Crippen LogP contribution in [0.25, 0.3) is 0 Å². The van der Waals surface area contributed by atoms with Crippen LogP contribution in [-0.2, 0) is 13.2 Å². The number of rotatable bonds is 8. The van der Waals surface area contributed by atoms with E-state index in [1.807, 2.05) is 62.4 Å². The van der Waals surface area contributed by atoms with Crippen molar-refractivity contribution in [1.82, 2.24) is 15.0 Å². The Morgan fingerprint density at radius 3 is 2.20 bits per heavy atom. The van der Waals surface area contributed by atoms with Gasteiger partial charge in [0.2, 0.25) is 0 Å². The lowest BCUT2D eigenvalue weighted by Crippen LogP contribution is -2.45. The topological polar surface area (TPSA) is 105 Å². The molecule has 0 spiro atoms. The van der Waals surface area contributed by atoms with Crippen molar-refractivity contribution in [2.75, 3.05) is 5.32 Å². The highest BCUT2D eigenvalue weighted by Crippen LogP contribution is 2.08. The molecule has 0 aliphatic carbocycles. The van der Waals surface area contributed by atoms with Gasteiger partial charge in [-0.15, -0.1) is 0 Å². The molecule has 0 unspecified atom stereocenters. The number of aromatic amines is 1. The molecule has 1 aromatic heterocycles. The Bertz CT molecular complexity index is 1110. The molecule has 156 valence electrons. The van der Waals surface area contributed by atoms with Crippen molar-refractivity contribution in [2.45, 2.75) is 33.0 Å². The van der Waals surface area contributed by atoms with E-state index in [0.717, 1.165) is 11.1 Å². The summed E-state index contributed by atoms with van der Waals surface area (Å²) in [6.45, 7) is 3.92. The van der Waals surface area contributed by atoms with Crippen molar-refractivity contribution < 1.29 is 9.63 Å². The predicted octanol–water partition coefficient (Wildman–Crippen LogP) is 1.92. The highest BCUT2D eigenvalue weighted by atomic mass is 16.7. The molecule has 3 N–H and O–H groups in total. The third-order valence-corrected chi connectivity index (χ3v) is 4.22. The maximum absolute atomic E-state index is 13.0. The number of amides is 1. The molecular formula is C22H24N4O4. The SMILES string of the molecule is CC(C)Nc1[nH]c(=O)n(OCc2ccccc2)c(=O)c1C(=O)NCc1ccccc1. The Balaban J connectivity index is 1.90. The van der Waals surface area contributed by atoms with Crippen LogP contribution < -0.4 is 26.7 Å². The van der Waals surface area contributed by atoms with Gasteiger partial charge < -0.3 is 15.5 Å². The monoisotopic (exact) mass is 408 g/mol. The lowest BCUT2D eigenvalue weighted by Gasteiger charge is -2.16. The Morgan fingerprint density at radius 2 is 1.60 bits per heavy atom. The highest BCUT2D eigenvalue weighted by Gasteiger charge is 2.22. The molecule has 0 saturated carbocycles. The number of nitrogens with zero attached hydrogens (tertiary/aromatic N) is 1. The molecule has 30 heavy (non-hydrogen) atoms. The lowest BCUT2D eigenvalue weighted by molar-refractivity contribution is 0.0764. The van der Waals surface area contributed by atoms with Crippen LogP contribution in [0.5, 0.6) is 0 Å². The summed E-state index contributed by atoms with van der Waals surface area (Å²) in [6, 6.07) is 18.3. The molecule has 0 fully saturated rings. The van der Waals surface area contributed by atoms with Crippen LogP contribution in [0, 0.1) is 0 Å². The Hall–Kier alpha value is -3.81. The average molecular weight is 408 g/mol. The van der Waals surface area contributed by atoms with Gasteiger partial charge >= 0.3 is 11.2 Å². The van der Waals surface area contributed by atoms with E-state index < -0.39 is 17.2 Å². The van der Waals surface area contributed by atoms with Crippen LogP contribution in [-0.4, -0.2) is 21.7 Å². The van der Waals surface area contributed by atoms with Gasteiger partial charge in [-0.05, 0) is 25.0 Å². The first-order valence-electron chi connectivity index (χ1n) is 9.61. The molecule has 0 radical (unpaired) electrons. The molecule has 0 saturated heterocycles. The zero-order valence-corrected chi connectivity index (χ0v) is 16.8. The van der Waals surface area contributed by atoms with E-state index in [4.69, 9.17) is 4.84 Å². The van der Waals surface area contributed by atoms with Gasteiger partial charge in [0.05, 0.1) is 0 Å². The van der Waals surface area contributed by atoms with E-state index in [0.29, 0.717) is 4.73 Å². The molecule has 3 aromatic rings. The van der Waals surface area contributed by atoms with E-state index in [1.165, 1.54) is 0 Å². The first-order chi connectivity index (χ1) is 14.5. The number of H-pyrrole nitrogens is 1. The molecule has 3 rings (SSSR count). The second-order valence-electron chi connectivity index (χ2n) is 7.01. The fourth-order valence-electron chi connectivity index (χ4n) is 2.83. The van der Waals surface area contributed by atoms with Gasteiger partial charge in [0, 0.05) is 12.6 Å². The van der Waals surface area contributed by atoms with Crippen LogP contribution in [0.2, 0.25) is 0 Å². The summed E-state index contributed by atoms with van der Waals surface area (Å²) in [5, 5.41) is 5.67. The van der Waals surface area contributed by atoms with E-state index in [9.17, 15) is 14.4 Å². The van der Waals surface area contributed by atoms with Crippen LogP contribution in [0.15, 0.2) is 70.3 Å². The second kappa shape index (κ2) is 9.60. The number of nitrogens with one attached hydrogen (secondary N) is 3. The van der Waals surface area contributed by atoms with E-state index in [1.54, 1.807) is 12.1 Å². The van der Waals surface area contributed by atoms with Gasteiger partial charge in [-0.25, -0.2) is 4.79 Å². The van der Waals surface area contributed by atoms with Crippen LogP contribution in [0.3, 0.4) is 0 Å². The minimum atomic E-state index is -0.830. The first-order valence-corrected chi connectivity index (χ1v) is 9.61. The van der Waals surface area contributed by atoms with Gasteiger partial charge in [0.1, 0.15) is 18.0 Å². The predicted molar refractivity (Wildman–Crippen MR) is 114 cm³/mol. The number of hydrogen-bond acceptors (Lipinski definition) is 5. The third kappa shape index (κ3) is 5.16. The quantitative estimate of drug-likeness (QED) is 0.528.